The van der Waals surface area contributed by atoms with Crippen LogP contribution in [-0.2, 0) is 17.8 Å². The van der Waals surface area contributed by atoms with Gasteiger partial charge in [0.15, 0.2) is 5.16 Å². The van der Waals surface area contributed by atoms with E-state index in [1.807, 2.05) is 0 Å². The molecule has 0 unspecified atom stereocenters. The number of thioether (sulfide) groups is 1. The minimum absolute atomic E-state index is 0.0574. The van der Waals surface area contributed by atoms with Crippen LogP contribution in [-0.4, -0.2) is 36.4 Å². The van der Waals surface area contributed by atoms with Crippen LogP contribution in [0.15, 0.2) is 67.9 Å². The van der Waals surface area contributed by atoms with E-state index in [1.54, 1.807) is 28.8 Å². The molecule has 4 aromatic rings. The zero-order chi connectivity index (χ0) is 22.5. The van der Waals surface area contributed by atoms with Gasteiger partial charge in [-0.3, -0.25) is 19.1 Å². The zero-order valence-electron chi connectivity index (χ0n) is 16.5. The maximum atomic E-state index is 13.4. The molecule has 0 bridgehead atoms. The fourth-order valence-electron chi connectivity index (χ4n) is 2.92. The number of rotatable bonds is 8. The molecule has 0 saturated heterocycles. The fourth-order valence-corrected chi connectivity index (χ4v) is 3.72. The van der Waals surface area contributed by atoms with Crippen molar-refractivity contribution in [1.29, 1.82) is 0 Å². The van der Waals surface area contributed by atoms with E-state index >= 15 is 0 Å². The second-order valence-electron chi connectivity index (χ2n) is 6.65. The van der Waals surface area contributed by atoms with Crippen molar-refractivity contribution in [2.24, 2.45) is 0 Å². The van der Waals surface area contributed by atoms with Crippen molar-refractivity contribution < 1.29 is 13.6 Å². The SMILES string of the molecule is O=C(CSc1nnc(Cc2cc(=O)[nH]c(=O)[nH]2)n1-c1ccc(F)cc1)NCc1ccco1. The van der Waals surface area contributed by atoms with Gasteiger partial charge in [-0.05, 0) is 36.4 Å². The molecule has 12 heteroatoms. The summed E-state index contributed by atoms with van der Waals surface area (Å²) < 4.78 is 20.3. The van der Waals surface area contributed by atoms with Crippen molar-refractivity contribution >= 4 is 17.7 Å². The van der Waals surface area contributed by atoms with Crippen LogP contribution in [0.25, 0.3) is 5.69 Å². The molecule has 0 aliphatic heterocycles. The molecule has 164 valence electrons. The van der Waals surface area contributed by atoms with E-state index in [0.29, 0.717) is 28.1 Å². The van der Waals surface area contributed by atoms with Crippen molar-refractivity contribution in [1.82, 2.24) is 30.0 Å². The number of aromatic nitrogens is 5. The summed E-state index contributed by atoms with van der Waals surface area (Å²) in [4.78, 5) is 40.0. The predicted octanol–water partition coefficient (Wildman–Crippen LogP) is 1.38. The number of benzene rings is 1. The molecule has 0 aliphatic rings. The topological polar surface area (TPSA) is 139 Å². The van der Waals surface area contributed by atoms with Gasteiger partial charge in [0.25, 0.3) is 5.56 Å². The molecule has 10 nitrogen and oxygen atoms in total. The summed E-state index contributed by atoms with van der Waals surface area (Å²) in [7, 11) is 0. The predicted molar refractivity (Wildman–Crippen MR) is 113 cm³/mol. The van der Waals surface area contributed by atoms with Crippen LogP contribution in [0.5, 0.6) is 0 Å². The smallest absolute Gasteiger partial charge is 0.325 e. The van der Waals surface area contributed by atoms with Gasteiger partial charge in [-0.25, -0.2) is 9.18 Å². The first-order chi connectivity index (χ1) is 15.5. The van der Waals surface area contributed by atoms with Crippen LogP contribution in [0.2, 0.25) is 0 Å². The van der Waals surface area contributed by atoms with E-state index in [9.17, 15) is 18.8 Å². The molecule has 1 aromatic carbocycles. The Bertz CT molecular complexity index is 1300. The molecule has 0 saturated carbocycles. The number of nitrogens with one attached hydrogen (secondary N) is 3. The number of halogens is 1. The van der Waals surface area contributed by atoms with Gasteiger partial charge < -0.3 is 14.7 Å². The van der Waals surface area contributed by atoms with Crippen LogP contribution in [0.4, 0.5) is 4.39 Å². The number of furan rings is 1. The van der Waals surface area contributed by atoms with Crippen LogP contribution in [0.1, 0.15) is 17.3 Å². The Labute approximate surface area is 183 Å². The number of aromatic amines is 2. The summed E-state index contributed by atoms with van der Waals surface area (Å²) in [6, 6.07) is 10.4. The first-order valence-corrected chi connectivity index (χ1v) is 10.4. The third-order valence-electron chi connectivity index (χ3n) is 4.32. The van der Waals surface area contributed by atoms with Gasteiger partial charge in [-0.2, -0.15) is 0 Å². The second-order valence-corrected chi connectivity index (χ2v) is 7.59. The maximum absolute atomic E-state index is 13.4. The summed E-state index contributed by atoms with van der Waals surface area (Å²) in [5, 5.41) is 11.4. The Morgan fingerprint density at radius 3 is 2.69 bits per heavy atom. The number of hydrogen-bond donors (Lipinski definition) is 3. The van der Waals surface area contributed by atoms with Gasteiger partial charge in [-0.15, -0.1) is 10.2 Å². The van der Waals surface area contributed by atoms with E-state index < -0.39 is 17.1 Å². The van der Waals surface area contributed by atoms with Crippen LogP contribution in [0.3, 0.4) is 0 Å². The molecule has 1 amide bonds. The number of amides is 1. The third-order valence-corrected chi connectivity index (χ3v) is 5.25. The fraction of sp³-hybridized carbons (Fsp3) is 0.150. The quantitative estimate of drug-likeness (QED) is 0.340. The normalized spacial score (nSPS) is 10.9. The minimum atomic E-state index is -0.636. The number of H-pyrrole nitrogens is 2. The largest absolute Gasteiger partial charge is 0.467 e. The Morgan fingerprint density at radius 1 is 1.16 bits per heavy atom. The lowest BCUT2D eigenvalue weighted by atomic mass is 10.2. The third kappa shape index (κ3) is 5.21. The molecule has 0 aliphatic carbocycles. The molecule has 0 radical (unpaired) electrons. The molecule has 0 atom stereocenters. The summed E-state index contributed by atoms with van der Waals surface area (Å²) >= 11 is 1.14. The molecule has 4 rings (SSSR count). The highest BCUT2D eigenvalue weighted by Crippen LogP contribution is 2.23. The van der Waals surface area contributed by atoms with Gasteiger partial charge in [0.05, 0.1) is 18.6 Å². The molecule has 0 spiro atoms. The van der Waals surface area contributed by atoms with Crippen molar-refractivity contribution in [3.63, 3.8) is 0 Å². The number of carbonyl (C=O) groups excluding carboxylic acids is 1. The molecular formula is C20H17FN6O4S. The van der Waals surface area contributed by atoms with Gasteiger partial charge in [0, 0.05) is 23.9 Å². The average molecular weight is 456 g/mol. The van der Waals surface area contributed by atoms with Crippen LogP contribution in [0, 0.1) is 5.82 Å². The first-order valence-electron chi connectivity index (χ1n) is 9.42. The Balaban J connectivity index is 1.56. The van der Waals surface area contributed by atoms with E-state index in [2.05, 4.69) is 25.5 Å². The molecular weight excluding hydrogens is 439 g/mol. The Morgan fingerprint density at radius 2 is 1.97 bits per heavy atom. The van der Waals surface area contributed by atoms with Crippen molar-refractivity contribution in [3.05, 3.63) is 92.7 Å². The highest BCUT2D eigenvalue weighted by molar-refractivity contribution is 7.99. The van der Waals surface area contributed by atoms with E-state index in [0.717, 1.165) is 11.8 Å². The second kappa shape index (κ2) is 9.47. The highest BCUT2D eigenvalue weighted by atomic mass is 32.2. The number of hydrogen-bond acceptors (Lipinski definition) is 7. The lowest BCUT2D eigenvalue weighted by molar-refractivity contribution is -0.118. The Hall–Kier alpha value is -3.93. The van der Waals surface area contributed by atoms with E-state index in [-0.39, 0.29) is 24.6 Å². The van der Waals surface area contributed by atoms with Gasteiger partial charge in [0.1, 0.15) is 17.4 Å². The summed E-state index contributed by atoms with van der Waals surface area (Å²) in [5.41, 5.74) is -0.276. The van der Waals surface area contributed by atoms with Crippen molar-refractivity contribution in [2.45, 2.75) is 18.1 Å². The average Bonchev–Trinajstić information content (AvgIpc) is 3.41. The minimum Gasteiger partial charge on any atom is -0.467 e. The number of carbonyl (C=O) groups is 1. The standard InChI is InChI=1S/C20H17FN6O4S/c21-12-3-5-14(6-4-12)27-16(8-13-9-17(28)24-19(30)23-13)25-26-20(27)32-11-18(29)22-10-15-2-1-7-31-15/h1-7,9H,8,10-11H2,(H,22,29)(H2,23,24,28,30). The lowest BCUT2D eigenvalue weighted by Crippen LogP contribution is -2.24. The van der Waals surface area contributed by atoms with E-state index in [4.69, 9.17) is 4.42 Å². The monoisotopic (exact) mass is 456 g/mol. The van der Waals surface area contributed by atoms with E-state index in [1.165, 1.54) is 24.5 Å². The Kier molecular flexibility index (Phi) is 6.31. The molecule has 32 heavy (non-hydrogen) atoms. The molecule has 0 fully saturated rings. The number of nitrogens with zero attached hydrogens (tertiary/aromatic N) is 3. The van der Waals surface area contributed by atoms with Crippen LogP contribution >= 0.6 is 11.8 Å². The van der Waals surface area contributed by atoms with Gasteiger partial charge in [0.2, 0.25) is 5.91 Å². The maximum Gasteiger partial charge on any atom is 0.325 e. The molecule has 3 aromatic heterocycles. The van der Waals surface area contributed by atoms with Crippen molar-refractivity contribution in [3.8, 4) is 5.69 Å². The lowest BCUT2D eigenvalue weighted by Gasteiger charge is -2.10. The highest BCUT2D eigenvalue weighted by Gasteiger charge is 2.17. The molecule has 3 heterocycles. The van der Waals surface area contributed by atoms with Gasteiger partial charge in [-0.1, -0.05) is 11.8 Å². The summed E-state index contributed by atoms with van der Waals surface area (Å²) in [5.74, 6) is 0.444. The molecule has 3 N–H and O–H groups in total. The van der Waals surface area contributed by atoms with Gasteiger partial charge >= 0.3 is 5.69 Å². The van der Waals surface area contributed by atoms with Crippen LogP contribution < -0.4 is 16.6 Å². The summed E-state index contributed by atoms with van der Waals surface area (Å²) in [6.07, 6.45) is 1.62. The zero-order valence-corrected chi connectivity index (χ0v) is 17.3. The first kappa shape index (κ1) is 21.3. The van der Waals surface area contributed by atoms with Crippen molar-refractivity contribution in [2.75, 3.05) is 5.75 Å². The summed E-state index contributed by atoms with van der Waals surface area (Å²) in [6.45, 7) is 0.262.